The molecular weight excluding hydrogens is 265 g/mol. The van der Waals surface area contributed by atoms with E-state index >= 15 is 0 Å². The normalized spacial score (nSPS) is 10.5. The van der Waals surface area contributed by atoms with Crippen molar-refractivity contribution in [2.45, 2.75) is 6.54 Å². The Labute approximate surface area is 96.6 Å². The molecule has 0 heterocycles. The molecule has 1 nitrogen and oxygen atoms in total. The highest BCUT2D eigenvalue weighted by Crippen LogP contribution is 2.14. The molecule has 14 heavy (non-hydrogen) atoms. The molecule has 1 N–H and O–H groups in total. The van der Waals surface area contributed by atoms with Gasteiger partial charge in [0.1, 0.15) is 5.82 Å². The molecule has 0 saturated carbocycles. The monoisotopic (exact) mass is 277 g/mol. The number of halogens is 2. The van der Waals surface area contributed by atoms with E-state index < -0.39 is 0 Å². The number of hydrogen-bond donors (Lipinski definition) is 1. The Bertz CT molecular complexity index is 293. The van der Waals surface area contributed by atoms with Crippen LogP contribution in [0.2, 0.25) is 0 Å². The van der Waals surface area contributed by atoms with Crippen molar-refractivity contribution in [1.29, 1.82) is 0 Å². The van der Waals surface area contributed by atoms with Crippen LogP contribution in [-0.2, 0) is 6.54 Å². The summed E-state index contributed by atoms with van der Waals surface area (Å²) in [5, 5.41) is 3.19. The van der Waals surface area contributed by atoms with E-state index in [1.807, 2.05) is 6.07 Å². The van der Waals surface area contributed by atoms with Gasteiger partial charge in [0.05, 0.1) is 0 Å². The van der Waals surface area contributed by atoms with Crippen LogP contribution < -0.4 is 5.32 Å². The first-order chi connectivity index (χ1) is 6.74. The molecule has 1 aromatic carbocycles. The van der Waals surface area contributed by atoms with Gasteiger partial charge in [-0.3, -0.25) is 0 Å². The summed E-state index contributed by atoms with van der Waals surface area (Å²) in [5.74, 6) is 0.897. The van der Waals surface area contributed by atoms with Gasteiger partial charge in [-0.15, -0.1) is 0 Å². The van der Waals surface area contributed by atoms with Gasteiger partial charge in [0, 0.05) is 28.9 Å². The van der Waals surface area contributed by atoms with Crippen molar-refractivity contribution in [2.75, 3.05) is 18.6 Å². The predicted molar refractivity (Wildman–Crippen MR) is 64.2 cm³/mol. The lowest BCUT2D eigenvalue weighted by molar-refractivity contribution is 0.593. The molecule has 0 aliphatic carbocycles. The van der Waals surface area contributed by atoms with Crippen molar-refractivity contribution in [3.8, 4) is 0 Å². The number of nitrogens with one attached hydrogen (secondary N) is 1. The van der Waals surface area contributed by atoms with Crippen LogP contribution in [0, 0.1) is 5.82 Å². The number of thioether (sulfide) groups is 1. The molecule has 4 heteroatoms. The van der Waals surface area contributed by atoms with Gasteiger partial charge in [-0.05, 0) is 18.4 Å². The Morgan fingerprint density at radius 1 is 1.50 bits per heavy atom. The first-order valence-electron chi connectivity index (χ1n) is 4.37. The Morgan fingerprint density at radius 2 is 2.29 bits per heavy atom. The minimum Gasteiger partial charge on any atom is -0.312 e. The molecule has 1 aromatic rings. The third kappa shape index (κ3) is 3.98. The molecule has 78 valence electrons. The first kappa shape index (κ1) is 12.0. The Kier molecular flexibility index (Phi) is 5.52. The molecule has 1 rings (SSSR count). The van der Waals surface area contributed by atoms with E-state index in [1.165, 1.54) is 6.07 Å². The number of benzene rings is 1. The fourth-order valence-electron chi connectivity index (χ4n) is 1.06. The van der Waals surface area contributed by atoms with Gasteiger partial charge in [-0.25, -0.2) is 4.39 Å². The fourth-order valence-corrected chi connectivity index (χ4v) is 1.74. The summed E-state index contributed by atoms with van der Waals surface area (Å²) in [4.78, 5) is 0. The summed E-state index contributed by atoms with van der Waals surface area (Å²) >= 11 is 5.01. The van der Waals surface area contributed by atoms with Crippen molar-refractivity contribution in [3.63, 3.8) is 0 Å². The topological polar surface area (TPSA) is 12.0 Å². The largest absolute Gasteiger partial charge is 0.312 e. The first-order valence-corrected chi connectivity index (χ1v) is 6.56. The number of rotatable bonds is 5. The van der Waals surface area contributed by atoms with Crippen LogP contribution in [0.3, 0.4) is 0 Å². The van der Waals surface area contributed by atoms with E-state index in [4.69, 9.17) is 0 Å². The van der Waals surface area contributed by atoms with Crippen LogP contribution in [0.15, 0.2) is 22.7 Å². The Morgan fingerprint density at radius 3 is 2.93 bits per heavy atom. The minimum atomic E-state index is -0.156. The van der Waals surface area contributed by atoms with Crippen LogP contribution in [-0.4, -0.2) is 18.6 Å². The molecule has 0 amide bonds. The van der Waals surface area contributed by atoms with Crippen molar-refractivity contribution < 1.29 is 4.39 Å². The summed E-state index contributed by atoms with van der Waals surface area (Å²) in [6, 6.07) is 5.14. The zero-order valence-corrected chi connectivity index (χ0v) is 10.4. The van der Waals surface area contributed by atoms with Crippen molar-refractivity contribution in [1.82, 2.24) is 5.32 Å². The van der Waals surface area contributed by atoms with Gasteiger partial charge in [-0.2, -0.15) is 11.8 Å². The van der Waals surface area contributed by atoms with Crippen LogP contribution in [0.5, 0.6) is 0 Å². The molecule has 0 saturated heterocycles. The smallest absolute Gasteiger partial charge is 0.128 e. The van der Waals surface area contributed by atoms with E-state index in [0.29, 0.717) is 12.1 Å². The number of hydrogen-bond acceptors (Lipinski definition) is 2. The minimum absolute atomic E-state index is 0.156. The molecular formula is C10H13BrFNS. The zero-order chi connectivity index (χ0) is 10.4. The maximum absolute atomic E-state index is 13.3. The summed E-state index contributed by atoms with van der Waals surface area (Å²) in [6.45, 7) is 1.51. The molecule has 0 fully saturated rings. The van der Waals surface area contributed by atoms with E-state index in [1.54, 1.807) is 17.8 Å². The van der Waals surface area contributed by atoms with Crippen LogP contribution in [0.1, 0.15) is 5.56 Å². The molecule has 0 aliphatic heterocycles. The van der Waals surface area contributed by atoms with Crippen LogP contribution in [0.4, 0.5) is 4.39 Å². The highest BCUT2D eigenvalue weighted by atomic mass is 79.9. The van der Waals surface area contributed by atoms with Gasteiger partial charge in [0.25, 0.3) is 0 Å². The van der Waals surface area contributed by atoms with Crippen molar-refractivity contribution in [2.24, 2.45) is 0 Å². The van der Waals surface area contributed by atoms with Gasteiger partial charge in [0.2, 0.25) is 0 Å². The molecule has 0 atom stereocenters. The molecule has 0 bridgehead atoms. The Hall–Kier alpha value is -0.0600. The molecule has 0 aliphatic rings. The van der Waals surface area contributed by atoms with Crippen molar-refractivity contribution in [3.05, 3.63) is 34.1 Å². The second kappa shape index (κ2) is 6.43. The predicted octanol–water partition coefficient (Wildman–Crippen LogP) is 3.04. The van der Waals surface area contributed by atoms with E-state index in [0.717, 1.165) is 16.8 Å². The average Bonchev–Trinajstić information content (AvgIpc) is 2.15. The van der Waals surface area contributed by atoms with E-state index in [2.05, 4.69) is 27.5 Å². The van der Waals surface area contributed by atoms with Crippen LogP contribution >= 0.6 is 27.7 Å². The summed E-state index contributed by atoms with van der Waals surface area (Å²) in [6.07, 6.45) is 2.06. The van der Waals surface area contributed by atoms with Gasteiger partial charge >= 0.3 is 0 Å². The zero-order valence-electron chi connectivity index (χ0n) is 8.02. The summed E-state index contributed by atoms with van der Waals surface area (Å²) in [5.41, 5.74) is 0.717. The van der Waals surface area contributed by atoms with Crippen LogP contribution in [0.25, 0.3) is 0 Å². The highest BCUT2D eigenvalue weighted by Gasteiger charge is 2.01. The SMILES string of the molecule is CSCCNCc1ccc(Br)cc1F. The maximum Gasteiger partial charge on any atom is 0.128 e. The Balaban J connectivity index is 2.42. The molecule has 0 unspecified atom stereocenters. The lowest BCUT2D eigenvalue weighted by atomic mass is 10.2. The summed E-state index contributed by atoms with van der Waals surface area (Å²) in [7, 11) is 0. The summed E-state index contributed by atoms with van der Waals surface area (Å²) < 4.78 is 14.1. The molecule has 0 aromatic heterocycles. The average molecular weight is 278 g/mol. The van der Waals surface area contributed by atoms with Gasteiger partial charge in [0.15, 0.2) is 0 Å². The van der Waals surface area contributed by atoms with Gasteiger partial charge < -0.3 is 5.32 Å². The van der Waals surface area contributed by atoms with Gasteiger partial charge in [-0.1, -0.05) is 22.0 Å². The second-order valence-electron chi connectivity index (χ2n) is 2.91. The quantitative estimate of drug-likeness (QED) is 0.831. The second-order valence-corrected chi connectivity index (χ2v) is 4.81. The lowest BCUT2D eigenvalue weighted by Gasteiger charge is -2.05. The standard InChI is InChI=1S/C10H13BrFNS/c1-14-5-4-13-7-8-2-3-9(11)6-10(8)12/h2-3,6,13H,4-5,7H2,1H3. The lowest BCUT2D eigenvalue weighted by Crippen LogP contribution is -2.17. The van der Waals surface area contributed by atoms with E-state index in [-0.39, 0.29) is 5.82 Å². The van der Waals surface area contributed by atoms with Crippen molar-refractivity contribution >= 4 is 27.7 Å². The molecule has 0 spiro atoms. The molecule has 0 radical (unpaired) electrons. The third-order valence-corrected chi connectivity index (χ3v) is 2.92. The van der Waals surface area contributed by atoms with E-state index in [9.17, 15) is 4.39 Å². The fraction of sp³-hybridized carbons (Fsp3) is 0.400. The third-order valence-electron chi connectivity index (χ3n) is 1.81. The highest BCUT2D eigenvalue weighted by molar-refractivity contribution is 9.10. The maximum atomic E-state index is 13.3.